The fourth-order valence-electron chi connectivity index (χ4n) is 4.30. The Hall–Kier alpha value is -1.15. The number of methoxy groups -OCH3 is 2. The number of hydrogen-bond acceptors (Lipinski definition) is 10. The maximum Gasteiger partial charge on any atom is 0.256 e. The number of ether oxygens (including phenoxy) is 6. The van der Waals surface area contributed by atoms with Crippen LogP contribution in [0.15, 0.2) is 12.2 Å². The number of hydrogen-bond donors (Lipinski definition) is 4. The van der Waals surface area contributed by atoms with Crippen molar-refractivity contribution in [1.82, 2.24) is 5.32 Å². The van der Waals surface area contributed by atoms with E-state index in [1.54, 1.807) is 0 Å². The van der Waals surface area contributed by atoms with Crippen molar-refractivity contribution < 1.29 is 48.5 Å². The zero-order chi connectivity index (χ0) is 22.9. The van der Waals surface area contributed by atoms with Gasteiger partial charge < -0.3 is 49.1 Å². The number of nitrogens with one attached hydrogen (secondary N) is 1. The monoisotopic (exact) mass is 447 g/mol. The van der Waals surface area contributed by atoms with Gasteiger partial charge in [0.25, 0.3) is 5.91 Å². The molecule has 0 radical (unpaired) electrons. The van der Waals surface area contributed by atoms with Gasteiger partial charge in [-0.2, -0.15) is 0 Å². The van der Waals surface area contributed by atoms with E-state index in [1.165, 1.54) is 14.2 Å². The lowest BCUT2D eigenvalue weighted by atomic mass is 9.85. The third-order valence-corrected chi connectivity index (χ3v) is 6.46. The van der Waals surface area contributed by atoms with Gasteiger partial charge in [-0.25, -0.2) is 0 Å². The lowest BCUT2D eigenvalue weighted by Gasteiger charge is -2.49. The molecule has 11 heteroatoms. The first-order valence-electron chi connectivity index (χ1n) is 10.3. The van der Waals surface area contributed by atoms with Crippen molar-refractivity contribution in [3.05, 3.63) is 12.2 Å². The van der Waals surface area contributed by atoms with E-state index in [4.69, 9.17) is 28.4 Å². The van der Waals surface area contributed by atoms with Crippen molar-refractivity contribution >= 4 is 5.91 Å². The Balaban J connectivity index is 1.75. The lowest BCUT2D eigenvalue weighted by molar-refractivity contribution is -0.326. The van der Waals surface area contributed by atoms with Gasteiger partial charge in [-0.3, -0.25) is 4.79 Å². The minimum Gasteiger partial charge on any atom is -0.394 e. The largest absolute Gasteiger partial charge is 0.394 e. The molecule has 3 rings (SSSR count). The summed E-state index contributed by atoms with van der Waals surface area (Å²) in [6.07, 6.45) is -7.43. The van der Waals surface area contributed by atoms with E-state index in [9.17, 15) is 20.1 Å². The van der Waals surface area contributed by atoms with Crippen molar-refractivity contribution in [3.8, 4) is 0 Å². The van der Waals surface area contributed by atoms with Crippen LogP contribution in [0.1, 0.15) is 20.3 Å². The Bertz CT molecular complexity index is 662. The quantitative estimate of drug-likeness (QED) is 0.360. The second-order valence-corrected chi connectivity index (χ2v) is 8.22. The molecule has 0 bridgehead atoms. The number of fused-ring (bicyclic) bond motifs is 1. The summed E-state index contributed by atoms with van der Waals surface area (Å²) < 4.78 is 33.4. The van der Waals surface area contributed by atoms with Crippen molar-refractivity contribution in [3.63, 3.8) is 0 Å². The van der Waals surface area contributed by atoms with E-state index < -0.39 is 61.2 Å². The number of carbonyl (C=O) groups excluding carboxylic acids is 1. The second kappa shape index (κ2) is 9.77. The minimum atomic E-state index is -1.69. The number of aliphatic hydroxyl groups excluding tert-OH is 3. The maximum absolute atomic E-state index is 13.0. The van der Waals surface area contributed by atoms with E-state index in [0.717, 1.165) is 5.57 Å². The summed E-state index contributed by atoms with van der Waals surface area (Å²) in [4.78, 5) is 13.0. The van der Waals surface area contributed by atoms with Crippen LogP contribution < -0.4 is 5.32 Å². The Morgan fingerprint density at radius 3 is 2.61 bits per heavy atom. The van der Waals surface area contributed by atoms with Crippen LogP contribution in [0.25, 0.3) is 0 Å². The first-order valence-corrected chi connectivity index (χ1v) is 10.3. The predicted octanol–water partition coefficient (Wildman–Crippen LogP) is -1.36. The highest BCUT2D eigenvalue weighted by Gasteiger charge is 2.54. The molecule has 3 fully saturated rings. The fraction of sp³-hybridized carbons (Fsp3) is 0.850. The summed E-state index contributed by atoms with van der Waals surface area (Å²) in [6, 6.07) is 0. The average molecular weight is 447 g/mol. The molecule has 10 atom stereocenters. The van der Waals surface area contributed by atoms with Crippen LogP contribution in [0.5, 0.6) is 0 Å². The van der Waals surface area contributed by atoms with Gasteiger partial charge in [0, 0.05) is 26.6 Å². The highest BCUT2D eigenvalue weighted by molar-refractivity contribution is 5.82. The van der Waals surface area contributed by atoms with Crippen molar-refractivity contribution in [2.45, 2.75) is 75.0 Å². The zero-order valence-corrected chi connectivity index (χ0v) is 18.2. The SMILES string of the molecule is C=C1C[C@](OC)([C@H](O)C(=O)N[C@H]2OCO[C@@H]3[C@@H](OC)[C@H](O)[C@@H](CO)O[C@@H]32)O[C@H](C)[C@@H]1C. The summed E-state index contributed by atoms with van der Waals surface area (Å²) in [6.45, 7) is 7.13. The minimum absolute atomic E-state index is 0.0431. The topological polar surface area (TPSA) is 145 Å². The molecule has 0 saturated carbocycles. The lowest BCUT2D eigenvalue weighted by Crippen LogP contribution is -2.69. The predicted molar refractivity (Wildman–Crippen MR) is 105 cm³/mol. The van der Waals surface area contributed by atoms with Crippen molar-refractivity contribution in [2.24, 2.45) is 5.92 Å². The average Bonchev–Trinajstić information content (AvgIpc) is 2.76. The molecule has 0 aromatic rings. The molecule has 3 aliphatic rings. The van der Waals surface area contributed by atoms with E-state index in [1.807, 2.05) is 13.8 Å². The number of amides is 1. The first-order chi connectivity index (χ1) is 14.7. The number of carbonyl (C=O) groups is 1. The molecule has 11 nitrogen and oxygen atoms in total. The van der Waals surface area contributed by atoms with Gasteiger partial charge in [0.05, 0.1) is 12.7 Å². The summed E-state index contributed by atoms with van der Waals surface area (Å²) in [5.74, 6) is -2.35. The molecule has 31 heavy (non-hydrogen) atoms. The molecule has 3 aliphatic heterocycles. The normalized spacial score (nSPS) is 44.4. The molecule has 0 aliphatic carbocycles. The van der Waals surface area contributed by atoms with Crippen LogP contribution in [0.4, 0.5) is 0 Å². The second-order valence-electron chi connectivity index (χ2n) is 8.22. The molecule has 3 heterocycles. The molecular formula is C20H33NO10. The number of rotatable bonds is 6. The molecule has 0 aromatic heterocycles. The molecule has 178 valence electrons. The third kappa shape index (κ3) is 4.52. The molecule has 0 spiro atoms. The summed E-state index contributed by atoms with van der Waals surface area (Å²) in [5.41, 5.74) is 0.799. The van der Waals surface area contributed by atoms with Crippen LogP contribution in [0, 0.1) is 5.92 Å². The van der Waals surface area contributed by atoms with Gasteiger partial charge >= 0.3 is 0 Å². The van der Waals surface area contributed by atoms with Crippen LogP contribution in [0.2, 0.25) is 0 Å². The standard InChI is InChI=1S/C20H33NO10/c1-9-6-20(27-5,31-11(3)10(9)2)17(24)18(25)21-19-16-15(28-8-29-19)14(26-4)13(23)12(7-22)30-16/h10-17,19,22-24H,1,6-8H2,2-5H3,(H,21,25)/t10-,11-,12-,13-,14+,15-,16+,17-,19+,20-/m1/s1. The zero-order valence-electron chi connectivity index (χ0n) is 18.2. The van der Waals surface area contributed by atoms with Crippen LogP contribution in [-0.2, 0) is 33.2 Å². The van der Waals surface area contributed by atoms with Crippen LogP contribution >= 0.6 is 0 Å². The van der Waals surface area contributed by atoms with Crippen LogP contribution in [0.3, 0.4) is 0 Å². The fourth-order valence-corrected chi connectivity index (χ4v) is 4.30. The van der Waals surface area contributed by atoms with Gasteiger partial charge in [0.15, 0.2) is 12.3 Å². The Morgan fingerprint density at radius 2 is 2.03 bits per heavy atom. The summed E-state index contributed by atoms with van der Waals surface area (Å²) in [7, 11) is 2.76. The smallest absolute Gasteiger partial charge is 0.256 e. The van der Waals surface area contributed by atoms with E-state index in [0.29, 0.717) is 0 Å². The van der Waals surface area contributed by atoms with Gasteiger partial charge in [-0.15, -0.1) is 0 Å². The first kappa shape index (κ1) is 24.5. The van der Waals surface area contributed by atoms with Gasteiger partial charge in [0.1, 0.15) is 37.3 Å². The third-order valence-electron chi connectivity index (χ3n) is 6.46. The molecule has 3 saturated heterocycles. The van der Waals surface area contributed by atoms with Gasteiger partial charge in [-0.05, 0) is 6.92 Å². The number of aliphatic hydroxyl groups is 3. The molecule has 0 unspecified atom stereocenters. The highest BCUT2D eigenvalue weighted by atomic mass is 16.7. The van der Waals surface area contributed by atoms with Gasteiger partial charge in [0.2, 0.25) is 5.79 Å². The highest BCUT2D eigenvalue weighted by Crippen LogP contribution is 2.38. The summed E-state index contributed by atoms with van der Waals surface area (Å²) in [5, 5.41) is 33.3. The van der Waals surface area contributed by atoms with E-state index >= 15 is 0 Å². The summed E-state index contributed by atoms with van der Waals surface area (Å²) >= 11 is 0. The Kier molecular flexibility index (Phi) is 7.72. The van der Waals surface area contributed by atoms with Crippen LogP contribution in [-0.4, -0.2) is 104 Å². The van der Waals surface area contributed by atoms with E-state index in [-0.39, 0.29) is 25.2 Å². The molecule has 0 aromatic carbocycles. The molecule has 4 N–H and O–H groups in total. The molecular weight excluding hydrogens is 414 g/mol. The van der Waals surface area contributed by atoms with Gasteiger partial charge in [-0.1, -0.05) is 19.1 Å². The Morgan fingerprint density at radius 1 is 1.32 bits per heavy atom. The van der Waals surface area contributed by atoms with Crippen molar-refractivity contribution in [2.75, 3.05) is 27.6 Å². The molecule has 1 amide bonds. The Labute approximate surface area is 181 Å². The van der Waals surface area contributed by atoms with E-state index in [2.05, 4.69) is 11.9 Å². The van der Waals surface area contributed by atoms with Crippen molar-refractivity contribution in [1.29, 1.82) is 0 Å². The maximum atomic E-state index is 13.0.